The lowest BCUT2D eigenvalue weighted by Gasteiger charge is -2.06. The molecule has 2 rings (SSSR count). The molecule has 1 nitrogen and oxygen atoms in total. The van der Waals surface area contributed by atoms with Gasteiger partial charge in [0.25, 0.3) is 0 Å². The van der Waals surface area contributed by atoms with Crippen LogP contribution in [0.5, 0.6) is 0 Å². The van der Waals surface area contributed by atoms with Crippen molar-refractivity contribution in [3.8, 4) is 0 Å². The van der Waals surface area contributed by atoms with Gasteiger partial charge in [-0.15, -0.1) is 11.3 Å². The maximum atomic E-state index is 6.01. The van der Waals surface area contributed by atoms with E-state index >= 15 is 0 Å². The van der Waals surface area contributed by atoms with E-state index in [1.807, 2.05) is 0 Å². The van der Waals surface area contributed by atoms with Gasteiger partial charge in [0.1, 0.15) is 0 Å². The third-order valence-electron chi connectivity index (χ3n) is 2.35. The molecule has 2 N–H and O–H groups in total. The molecule has 0 radical (unpaired) electrons. The van der Waals surface area contributed by atoms with Crippen molar-refractivity contribution in [3.63, 3.8) is 0 Å². The van der Waals surface area contributed by atoms with Crippen LogP contribution in [-0.2, 0) is 0 Å². The smallest absolute Gasteiger partial charge is 0.0346 e. The average Bonchev–Trinajstić information content (AvgIpc) is 2.60. The van der Waals surface area contributed by atoms with Crippen LogP contribution in [0, 0.1) is 0 Å². The van der Waals surface area contributed by atoms with Gasteiger partial charge in [0, 0.05) is 10.7 Å². The highest BCUT2D eigenvalue weighted by atomic mass is 32.1. The summed E-state index contributed by atoms with van der Waals surface area (Å²) in [7, 11) is 0. The van der Waals surface area contributed by atoms with E-state index in [0.717, 1.165) is 6.42 Å². The Morgan fingerprint density at radius 3 is 2.92 bits per heavy atom. The lowest BCUT2D eigenvalue weighted by molar-refractivity contribution is 0.706. The fraction of sp³-hybridized carbons (Fsp3) is 0.273. The van der Waals surface area contributed by atoms with Gasteiger partial charge in [0.05, 0.1) is 0 Å². The Bertz CT molecular complexity index is 405. The van der Waals surface area contributed by atoms with Crippen LogP contribution in [0.3, 0.4) is 0 Å². The largest absolute Gasteiger partial charge is 0.324 e. The maximum absolute atomic E-state index is 6.01. The van der Waals surface area contributed by atoms with Gasteiger partial charge in [-0.3, -0.25) is 0 Å². The van der Waals surface area contributed by atoms with Crippen molar-refractivity contribution in [2.45, 2.75) is 19.4 Å². The lowest BCUT2D eigenvalue weighted by Crippen LogP contribution is -2.07. The molecular formula is C11H13NS. The first kappa shape index (κ1) is 8.73. The summed E-state index contributed by atoms with van der Waals surface area (Å²) in [6.07, 6.45) is 1.00. The predicted molar refractivity (Wildman–Crippen MR) is 59.0 cm³/mol. The van der Waals surface area contributed by atoms with Gasteiger partial charge < -0.3 is 5.73 Å². The van der Waals surface area contributed by atoms with E-state index in [9.17, 15) is 0 Å². The fourth-order valence-corrected chi connectivity index (χ4v) is 2.53. The van der Waals surface area contributed by atoms with Gasteiger partial charge in [0.2, 0.25) is 0 Å². The van der Waals surface area contributed by atoms with Crippen molar-refractivity contribution in [2.24, 2.45) is 5.73 Å². The molecule has 0 spiro atoms. The second-order valence-electron chi connectivity index (χ2n) is 3.20. The fourth-order valence-electron chi connectivity index (χ4n) is 1.51. The third kappa shape index (κ3) is 1.47. The number of rotatable bonds is 2. The van der Waals surface area contributed by atoms with Crippen LogP contribution in [0.4, 0.5) is 0 Å². The summed E-state index contributed by atoms with van der Waals surface area (Å²) in [6.45, 7) is 2.12. The summed E-state index contributed by atoms with van der Waals surface area (Å²) >= 11 is 1.78. The minimum absolute atomic E-state index is 0.191. The minimum Gasteiger partial charge on any atom is -0.324 e. The quantitative estimate of drug-likeness (QED) is 0.774. The van der Waals surface area contributed by atoms with Gasteiger partial charge in [-0.05, 0) is 28.8 Å². The number of nitrogens with two attached hydrogens (primary N) is 1. The number of fused-ring (bicyclic) bond motifs is 1. The van der Waals surface area contributed by atoms with Crippen LogP contribution in [-0.4, -0.2) is 0 Å². The molecule has 0 saturated heterocycles. The van der Waals surface area contributed by atoms with E-state index in [2.05, 4.69) is 36.6 Å². The molecule has 0 aliphatic carbocycles. The number of hydrogen-bond donors (Lipinski definition) is 1. The van der Waals surface area contributed by atoms with Crippen LogP contribution in [0.1, 0.15) is 24.9 Å². The Labute approximate surface area is 82.2 Å². The molecule has 0 bridgehead atoms. The Morgan fingerprint density at radius 1 is 1.38 bits per heavy atom. The van der Waals surface area contributed by atoms with Crippen LogP contribution in [0.2, 0.25) is 0 Å². The van der Waals surface area contributed by atoms with E-state index in [0.29, 0.717) is 0 Å². The van der Waals surface area contributed by atoms with Crippen molar-refractivity contribution in [1.29, 1.82) is 0 Å². The molecule has 1 aromatic carbocycles. The topological polar surface area (TPSA) is 26.0 Å². The summed E-state index contributed by atoms with van der Waals surface area (Å²) in [6, 6.07) is 8.62. The molecule has 1 heterocycles. The first-order valence-electron chi connectivity index (χ1n) is 4.54. The molecule has 1 aromatic heterocycles. The molecule has 2 aromatic rings. The van der Waals surface area contributed by atoms with E-state index in [1.54, 1.807) is 11.3 Å². The second-order valence-corrected chi connectivity index (χ2v) is 4.11. The maximum Gasteiger partial charge on any atom is 0.0346 e. The molecule has 13 heavy (non-hydrogen) atoms. The third-order valence-corrected chi connectivity index (χ3v) is 3.33. The van der Waals surface area contributed by atoms with Crippen LogP contribution >= 0.6 is 11.3 Å². The van der Waals surface area contributed by atoms with Crippen molar-refractivity contribution >= 4 is 21.4 Å². The monoisotopic (exact) mass is 191 g/mol. The Morgan fingerprint density at radius 2 is 2.15 bits per heavy atom. The molecule has 0 aliphatic rings. The van der Waals surface area contributed by atoms with Crippen LogP contribution in [0.25, 0.3) is 10.1 Å². The van der Waals surface area contributed by atoms with Gasteiger partial charge in [-0.1, -0.05) is 25.1 Å². The first-order valence-corrected chi connectivity index (χ1v) is 5.42. The Kier molecular flexibility index (Phi) is 2.34. The standard InChI is InChI=1S/C11H13NS/c1-2-10(12)9-7-13-11-6-4-3-5-8(9)11/h3-7,10H,2,12H2,1H3/t10-/m1/s1. The normalized spacial score (nSPS) is 13.4. The van der Waals surface area contributed by atoms with E-state index < -0.39 is 0 Å². The molecule has 1 atom stereocenters. The van der Waals surface area contributed by atoms with Crippen molar-refractivity contribution < 1.29 is 0 Å². The number of hydrogen-bond acceptors (Lipinski definition) is 2. The van der Waals surface area contributed by atoms with Gasteiger partial charge >= 0.3 is 0 Å². The van der Waals surface area contributed by atoms with Crippen molar-refractivity contribution in [1.82, 2.24) is 0 Å². The molecular weight excluding hydrogens is 178 g/mol. The molecule has 2 heteroatoms. The summed E-state index contributed by atoms with van der Waals surface area (Å²) in [5.74, 6) is 0. The lowest BCUT2D eigenvalue weighted by atomic mass is 10.1. The van der Waals surface area contributed by atoms with E-state index in [4.69, 9.17) is 5.73 Å². The van der Waals surface area contributed by atoms with Crippen molar-refractivity contribution in [3.05, 3.63) is 35.2 Å². The minimum atomic E-state index is 0.191. The van der Waals surface area contributed by atoms with Crippen molar-refractivity contribution in [2.75, 3.05) is 0 Å². The molecule has 0 unspecified atom stereocenters. The Hall–Kier alpha value is -0.860. The highest BCUT2D eigenvalue weighted by molar-refractivity contribution is 7.17. The zero-order chi connectivity index (χ0) is 9.26. The highest BCUT2D eigenvalue weighted by Crippen LogP contribution is 2.30. The van der Waals surface area contributed by atoms with E-state index in [1.165, 1.54) is 15.6 Å². The predicted octanol–water partition coefficient (Wildman–Crippen LogP) is 3.31. The van der Waals surface area contributed by atoms with Gasteiger partial charge in [0.15, 0.2) is 0 Å². The zero-order valence-electron chi connectivity index (χ0n) is 7.66. The molecule has 68 valence electrons. The average molecular weight is 191 g/mol. The summed E-state index contributed by atoms with van der Waals surface area (Å²) in [5.41, 5.74) is 7.31. The Balaban J connectivity index is 2.57. The number of thiophene rings is 1. The summed E-state index contributed by atoms with van der Waals surface area (Å²) in [5, 5.41) is 3.50. The first-order chi connectivity index (χ1) is 6.33. The molecule has 0 fully saturated rings. The summed E-state index contributed by atoms with van der Waals surface area (Å²) in [4.78, 5) is 0. The van der Waals surface area contributed by atoms with E-state index in [-0.39, 0.29) is 6.04 Å². The van der Waals surface area contributed by atoms with Crippen LogP contribution in [0.15, 0.2) is 29.6 Å². The zero-order valence-corrected chi connectivity index (χ0v) is 8.47. The van der Waals surface area contributed by atoms with Gasteiger partial charge in [-0.2, -0.15) is 0 Å². The highest BCUT2D eigenvalue weighted by Gasteiger charge is 2.08. The SMILES string of the molecule is CC[C@@H](N)c1csc2ccccc12. The number of benzene rings is 1. The van der Waals surface area contributed by atoms with Crippen LogP contribution < -0.4 is 5.73 Å². The molecule has 0 aliphatic heterocycles. The molecule has 0 saturated carbocycles. The molecule has 0 amide bonds. The van der Waals surface area contributed by atoms with Gasteiger partial charge in [-0.25, -0.2) is 0 Å². The summed E-state index contributed by atoms with van der Waals surface area (Å²) < 4.78 is 1.33. The second kappa shape index (κ2) is 3.48.